The number of benzene rings is 1. The highest BCUT2D eigenvalue weighted by Crippen LogP contribution is 2.40. The van der Waals surface area contributed by atoms with Crippen LogP contribution in [0.3, 0.4) is 0 Å². The molecule has 2 N–H and O–H groups in total. The van der Waals surface area contributed by atoms with Gasteiger partial charge in [0, 0.05) is 29.1 Å². The number of aromatic nitrogens is 1. The van der Waals surface area contributed by atoms with Crippen LogP contribution in [0.5, 0.6) is 5.75 Å². The molecule has 2 heterocycles. The molecular weight excluding hydrogens is 244 g/mol. The van der Waals surface area contributed by atoms with Crippen molar-refractivity contribution in [1.29, 1.82) is 0 Å². The maximum Gasteiger partial charge on any atom is 0.152 e. The summed E-state index contributed by atoms with van der Waals surface area (Å²) >= 11 is 1.64. The number of aryl methyl sites for hydroxylation is 2. The fourth-order valence-electron chi connectivity index (χ4n) is 2.30. The van der Waals surface area contributed by atoms with E-state index in [9.17, 15) is 0 Å². The molecule has 0 amide bonds. The molecule has 1 aromatic carbocycles. The lowest BCUT2D eigenvalue weighted by Crippen LogP contribution is -2.24. The molecule has 4 heteroatoms. The third kappa shape index (κ3) is 2.02. The van der Waals surface area contributed by atoms with Gasteiger partial charge in [-0.1, -0.05) is 17.7 Å². The Morgan fingerprint density at radius 1 is 1.39 bits per heavy atom. The van der Waals surface area contributed by atoms with Crippen LogP contribution in [0.15, 0.2) is 23.6 Å². The molecule has 94 valence electrons. The van der Waals surface area contributed by atoms with E-state index in [0.717, 1.165) is 28.4 Å². The van der Waals surface area contributed by atoms with Gasteiger partial charge in [0.05, 0.1) is 0 Å². The van der Waals surface area contributed by atoms with Crippen molar-refractivity contribution < 1.29 is 4.74 Å². The number of hydrogen-bond donors (Lipinski definition) is 1. The van der Waals surface area contributed by atoms with Gasteiger partial charge in [-0.3, -0.25) is 0 Å². The van der Waals surface area contributed by atoms with Gasteiger partial charge in [0.1, 0.15) is 10.8 Å². The molecule has 1 aliphatic heterocycles. The molecule has 0 radical (unpaired) electrons. The first-order valence-corrected chi connectivity index (χ1v) is 6.96. The van der Waals surface area contributed by atoms with Crippen LogP contribution in [0.1, 0.15) is 40.4 Å². The Morgan fingerprint density at radius 3 is 2.94 bits per heavy atom. The van der Waals surface area contributed by atoms with Crippen LogP contribution in [0.25, 0.3) is 0 Å². The highest BCUT2D eigenvalue weighted by molar-refractivity contribution is 7.09. The van der Waals surface area contributed by atoms with E-state index in [0.29, 0.717) is 0 Å². The van der Waals surface area contributed by atoms with Crippen molar-refractivity contribution in [3.63, 3.8) is 0 Å². The standard InChI is InChI=1S/C14H16N2OS/c1-8-3-4-12-10(5-8)11(15)6-13(17-12)14-16-9(2)7-18-14/h3-5,7,11,13H,6,15H2,1-2H3. The summed E-state index contributed by atoms with van der Waals surface area (Å²) in [6.45, 7) is 4.07. The van der Waals surface area contributed by atoms with Crippen LogP contribution < -0.4 is 10.5 Å². The average molecular weight is 260 g/mol. The largest absolute Gasteiger partial charge is 0.483 e. The second-order valence-electron chi connectivity index (χ2n) is 4.82. The molecule has 0 saturated heterocycles. The van der Waals surface area contributed by atoms with E-state index in [2.05, 4.69) is 29.4 Å². The van der Waals surface area contributed by atoms with E-state index in [1.165, 1.54) is 5.56 Å². The Bertz CT molecular complexity index is 579. The second kappa shape index (κ2) is 4.37. The molecule has 2 atom stereocenters. The predicted molar refractivity (Wildman–Crippen MR) is 72.9 cm³/mol. The van der Waals surface area contributed by atoms with Gasteiger partial charge >= 0.3 is 0 Å². The van der Waals surface area contributed by atoms with Crippen LogP contribution in [0.4, 0.5) is 0 Å². The zero-order chi connectivity index (χ0) is 12.7. The normalized spacial score (nSPS) is 22.4. The minimum Gasteiger partial charge on any atom is -0.483 e. The zero-order valence-corrected chi connectivity index (χ0v) is 11.3. The number of thiazole rings is 1. The Morgan fingerprint density at radius 2 is 2.22 bits per heavy atom. The lowest BCUT2D eigenvalue weighted by molar-refractivity contribution is 0.161. The molecule has 0 fully saturated rings. The first-order chi connectivity index (χ1) is 8.63. The molecule has 3 nitrogen and oxygen atoms in total. The highest BCUT2D eigenvalue weighted by atomic mass is 32.1. The summed E-state index contributed by atoms with van der Waals surface area (Å²) in [6.07, 6.45) is 0.789. The topological polar surface area (TPSA) is 48.1 Å². The van der Waals surface area contributed by atoms with E-state index in [1.807, 2.05) is 13.0 Å². The average Bonchev–Trinajstić information content (AvgIpc) is 2.77. The summed E-state index contributed by atoms with van der Waals surface area (Å²) < 4.78 is 6.02. The smallest absolute Gasteiger partial charge is 0.152 e. The molecule has 2 unspecified atom stereocenters. The molecule has 0 saturated carbocycles. The van der Waals surface area contributed by atoms with Crippen molar-refractivity contribution in [2.24, 2.45) is 5.73 Å². The van der Waals surface area contributed by atoms with Crippen LogP contribution in [-0.2, 0) is 0 Å². The van der Waals surface area contributed by atoms with Crippen molar-refractivity contribution in [1.82, 2.24) is 4.98 Å². The lowest BCUT2D eigenvalue weighted by Gasteiger charge is -2.29. The van der Waals surface area contributed by atoms with Crippen molar-refractivity contribution in [3.8, 4) is 5.75 Å². The summed E-state index contributed by atoms with van der Waals surface area (Å²) in [4.78, 5) is 4.50. The first-order valence-electron chi connectivity index (χ1n) is 6.08. The van der Waals surface area contributed by atoms with Crippen molar-refractivity contribution in [2.75, 3.05) is 0 Å². The highest BCUT2D eigenvalue weighted by Gasteiger charge is 2.28. The number of ether oxygens (including phenoxy) is 1. The quantitative estimate of drug-likeness (QED) is 0.856. The van der Waals surface area contributed by atoms with Crippen molar-refractivity contribution >= 4 is 11.3 Å². The van der Waals surface area contributed by atoms with E-state index in [-0.39, 0.29) is 12.1 Å². The maximum atomic E-state index is 6.25. The van der Waals surface area contributed by atoms with Gasteiger partial charge in [-0.2, -0.15) is 0 Å². The lowest BCUT2D eigenvalue weighted by atomic mass is 9.96. The third-order valence-electron chi connectivity index (χ3n) is 3.21. The third-order valence-corrected chi connectivity index (χ3v) is 4.27. The molecule has 0 aliphatic carbocycles. The monoisotopic (exact) mass is 260 g/mol. The molecule has 2 aromatic rings. The summed E-state index contributed by atoms with van der Waals surface area (Å²) in [7, 11) is 0. The Kier molecular flexibility index (Phi) is 2.84. The number of rotatable bonds is 1. The van der Waals surface area contributed by atoms with Gasteiger partial charge in [-0.05, 0) is 19.9 Å². The number of nitrogens with zero attached hydrogens (tertiary/aromatic N) is 1. The minimum absolute atomic E-state index is 0.00564. The fourth-order valence-corrected chi connectivity index (χ4v) is 3.13. The Labute approximate surface area is 111 Å². The van der Waals surface area contributed by atoms with Crippen LogP contribution in [0, 0.1) is 13.8 Å². The second-order valence-corrected chi connectivity index (χ2v) is 5.71. The number of fused-ring (bicyclic) bond motifs is 1. The molecule has 1 aromatic heterocycles. The van der Waals surface area contributed by atoms with E-state index in [4.69, 9.17) is 10.5 Å². The summed E-state index contributed by atoms with van der Waals surface area (Å²) in [6, 6.07) is 6.21. The van der Waals surface area contributed by atoms with Crippen molar-refractivity contribution in [3.05, 3.63) is 45.4 Å². The molecule has 0 bridgehead atoms. The van der Waals surface area contributed by atoms with E-state index in [1.54, 1.807) is 11.3 Å². The van der Waals surface area contributed by atoms with Gasteiger partial charge in [-0.15, -0.1) is 11.3 Å². The molecule has 0 spiro atoms. The molecule has 18 heavy (non-hydrogen) atoms. The van der Waals surface area contributed by atoms with Gasteiger partial charge < -0.3 is 10.5 Å². The molecule has 3 rings (SSSR count). The van der Waals surface area contributed by atoms with Crippen LogP contribution in [-0.4, -0.2) is 4.98 Å². The van der Waals surface area contributed by atoms with Gasteiger partial charge in [0.15, 0.2) is 6.10 Å². The van der Waals surface area contributed by atoms with Crippen LogP contribution >= 0.6 is 11.3 Å². The fraction of sp³-hybridized carbons (Fsp3) is 0.357. The van der Waals surface area contributed by atoms with Gasteiger partial charge in [0.2, 0.25) is 0 Å². The zero-order valence-electron chi connectivity index (χ0n) is 10.5. The molecular formula is C14H16N2OS. The van der Waals surface area contributed by atoms with Crippen molar-refractivity contribution in [2.45, 2.75) is 32.4 Å². The summed E-state index contributed by atoms with van der Waals surface area (Å²) in [5, 5.41) is 3.07. The first kappa shape index (κ1) is 11.7. The number of nitrogens with two attached hydrogens (primary N) is 1. The van der Waals surface area contributed by atoms with E-state index < -0.39 is 0 Å². The summed E-state index contributed by atoms with van der Waals surface area (Å²) in [5.74, 6) is 0.900. The molecule has 1 aliphatic rings. The summed E-state index contributed by atoms with van der Waals surface area (Å²) in [5.41, 5.74) is 9.62. The van der Waals surface area contributed by atoms with E-state index >= 15 is 0 Å². The SMILES string of the molecule is Cc1ccc2c(c1)C(N)CC(c1nc(C)cs1)O2. The predicted octanol–water partition coefficient (Wildman–Crippen LogP) is 3.28. The van der Waals surface area contributed by atoms with Gasteiger partial charge in [0.25, 0.3) is 0 Å². The van der Waals surface area contributed by atoms with Gasteiger partial charge in [-0.25, -0.2) is 4.98 Å². The Balaban J connectivity index is 1.94. The number of hydrogen-bond acceptors (Lipinski definition) is 4. The Hall–Kier alpha value is -1.39. The maximum absolute atomic E-state index is 6.25. The minimum atomic E-state index is -0.00564. The van der Waals surface area contributed by atoms with Crippen LogP contribution in [0.2, 0.25) is 0 Å².